The maximum Gasteiger partial charge on any atom is 0.124 e. The Morgan fingerprint density at radius 1 is 1.00 bits per heavy atom. The van der Waals surface area contributed by atoms with Gasteiger partial charge in [0.25, 0.3) is 0 Å². The number of hydrazine groups is 1. The molecule has 0 saturated carbocycles. The molecule has 1 unspecified atom stereocenters. The van der Waals surface area contributed by atoms with E-state index >= 15 is 0 Å². The molecule has 106 valence electrons. The third-order valence-corrected chi connectivity index (χ3v) is 4.43. The lowest BCUT2D eigenvalue weighted by atomic mass is 9.99. The van der Waals surface area contributed by atoms with Gasteiger partial charge in [0, 0.05) is 8.95 Å². The molecule has 0 aliphatic carbocycles. The van der Waals surface area contributed by atoms with Crippen molar-refractivity contribution in [2.24, 2.45) is 5.84 Å². The topological polar surface area (TPSA) is 38.0 Å². The van der Waals surface area contributed by atoms with E-state index in [1.807, 2.05) is 0 Å². The lowest BCUT2D eigenvalue weighted by Crippen LogP contribution is -2.30. The van der Waals surface area contributed by atoms with Crippen LogP contribution in [-0.4, -0.2) is 0 Å². The molecular formula is C14H12Br2F2N2. The van der Waals surface area contributed by atoms with Crippen molar-refractivity contribution in [3.63, 3.8) is 0 Å². The molecule has 2 aromatic rings. The van der Waals surface area contributed by atoms with Crippen molar-refractivity contribution < 1.29 is 8.78 Å². The summed E-state index contributed by atoms with van der Waals surface area (Å²) in [6, 6.07) is 8.61. The first-order chi connectivity index (χ1) is 9.51. The Labute approximate surface area is 132 Å². The molecule has 6 heteroatoms. The highest BCUT2D eigenvalue weighted by Crippen LogP contribution is 2.29. The molecule has 0 amide bonds. The van der Waals surface area contributed by atoms with Gasteiger partial charge in [-0.3, -0.25) is 11.3 Å². The van der Waals surface area contributed by atoms with Crippen molar-refractivity contribution in [3.05, 3.63) is 68.1 Å². The zero-order valence-corrected chi connectivity index (χ0v) is 13.5. The molecule has 0 bridgehead atoms. The Morgan fingerprint density at radius 3 is 2.30 bits per heavy atom. The second-order valence-electron chi connectivity index (χ2n) is 4.32. The maximum atomic E-state index is 13.3. The van der Waals surface area contributed by atoms with E-state index in [4.69, 9.17) is 5.84 Å². The van der Waals surface area contributed by atoms with Gasteiger partial charge in [0.1, 0.15) is 11.6 Å². The molecule has 0 heterocycles. The number of benzene rings is 2. The van der Waals surface area contributed by atoms with Crippen LogP contribution >= 0.6 is 31.9 Å². The van der Waals surface area contributed by atoms with Crippen LogP contribution < -0.4 is 11.3 Å². The van der Waals surface area contributed by atoms with Crippen LogP contribution in [-0.2, 0) is 6.42 Å². The number of halogens is 4. The monoisotopic (exact) mass is 404 g/mol. The van der Waals surface area contributed by atoms with Crippen molar-refractivity contribution in [1.82, 2.24) is 5.43 Å². The van der Waals surface area contributed by atoms with Gasteiger partial charge < -0.3 is 0 Å². The van der Waals surface area contributed by atoms with E-state index < -0.39 is 0 Å². The minimum atomic E-state index is -0.330. The number of rotatable bonds is 4. The van der Waals surface area contributed by atoms with E-state index in [-0.39, 0.29) is 17.7 Å². The van der Waals surface area contributed by atoms with Crippen molar-refractivity contribution in [2.45, 2.75) is 12.5 Å². The fourth-order valence-corrected chi connectivity index (χ4v) is 3.00. The minimum Gasteiger partial charge on any atom is -0.271 e. The van der Waals surface area contributed by atoms with Crippen LogP contribution in [0.1, 0.15) is 17.2 Å². The molecule has 1 atom stereocenters. The highest BCUT2D eigenvalue weighted by molar-refractivity contribution is 9.10. The predicted molar refractivity (Wildman–Crippen MR) is 82.0 cm³/mol. The maximum absolute atomic E-state index is 13.3. The van der Waals surface area contributed by atoms with E-state index in [0.29, 0.717) is 10.9 Å². The third kappa shape index (κ3) is 3.63. The Morgan fingerprint density at radius 2 is 1.65 bits per heavy atom. The Balaban J connectivity index is 2.31. The molecule has 0 radical (unpaired) electrons. The molecule has 3 N–H and O–H groups in total. The van der Waals surface area contributed by atoms with E-state index in [0.717, 1.165) is 15.6 Å². The van der Waals surface area contributed by atoms with Gasteiger partial charge in [0.2, 0.25) is 0 Å². The van der Waals surface area contributed by atoms with Crippen LogP contribution in [0.5, 0.6) is 0 Å². The van der Waals surface area contributed by atoms with Crippen molar-refractivity contribution in [2.75, 3.05) is 0 Å². The largest absolute Gasteiger partial charge is 0.271 e. The Hall–Kier alpha value is -0.820. The predicted octanol–water partition coefficient (Wildman–Crippen LogP) is 4.24. The SMILES string of the molecule is NNC(Cc1cc(F)ccc1Br)c1ccc(F)cc1Br. The standard InChI is InChI=1S/C14H12Br2F2N2/c15-12-4-2-9(17)5-8(12)6-14(20-19)11-3-1-10(18)7-13(11)16/h1-5,7,14,20H,6,19H2. The summed E-state index contributed by atoms with van der Waals surface area (Å²) in [4.78, 5) is 0. The van der Waals surface area contributed by atoms with Gasteiger partial charge >= 0.3 is 0 Å². The summed E-state index contributed by atoms with van der Waals surface area (Å²) in [5.41, 5.74) is 4.27. The first-order valence-electron chi connectivity index (χ1n) is 5.86. The van der Waals surface area contributed by atoms with Gasteiger partial charge in [-0.25, -0.2) is 8.78 Å². The summed E-state index contributed by atoms with van der Waals surface area (Å²) in [7, 11) is 0. The Bertz CT molecular complexity index is 620. The average Bonchev–Trinajstić information content (AvgIpc) is 2.40. The van der Waals surface area contributed by atoms with Crippen LogP contribution in [0, 0.1) is 11.6 Å². The van der Waals surface area contributed by atoms with Crippen LogP contribution in [0.4, 0.5) is 8.78 Å². The molecule has 2 nitrogen and oxygen atoms in total. The Kier molecular flexibility index (Phi) is 5.26. The van der Waals surface area contributed by atoms with Crippen molar-refractivity contribution in [3.8, 4) is 0 Å². The smallest absolute Gasteiger partial charge is 0.124 e. The second kappa shape index (κ2) is 6.76. The zero-order valence-electron chi connectivity index (χ0n) is 10.3. The van der Waals surface area contributed by atoms with Gasteiger partial charge in [-0.15, -0.1) is 0 Å². The van der Waals surface area contributed by atoms with Crippen LogP contribution in [0.2, 0.25) is 0 Å². The molecule has 0 fully saturated rings. The summed E-state index contributed by atoms with van der Waals surface area (Å²) in [5, 5.41) is 0. The zero-order chi connectivity index (χ0) is 14.7. The van der Waals surface area contributed by atoms with Gasteiger partial charge in [-0.05, 0) is 47.9 Å². The lowest BCUT2D eigenvalue weighted by molar-refractivity contribution is 0.543. The molecule has 2 aromatic carbocycles. The molecular weight excluding hydrogens is 394 g/mol. The first kappa shape index (κ1) is 15.6. The summed E-state index contributed by atoms with van der Waals surface area (Å²) in [6.07, 6.45) is 0.471. The molecule has 0 spiro atoms. The average molecular weight is 406 g/mol. The van der Waals surface area contributed by atoms with E-state index in [9.17, 15) is 8.78 Å². The summed E-state index contributed by atoms with van der Waals surface area (Å²) < 4.78 is 27.8. The van der Waals surface area contributed by atoms with Crippen molar-refractivity contribution in [1.29, 1.82) is 0 Å². The first-order valence-corrected chi connectivity index (χ1v) is 7.45. The summed E-state index contributed by atoms with van der Waals surface area (Å²) >= 11 is 6.70. The highest BCUT2D eigenvalue weighted by atomic mass is 79.9. The highest BCUT2D eigenvalue weighted by Gasteiger charge is 2.16. The van der Waals surface area contributed by atoms with E-state index in [1.54, 1.807) is 12.1 Å². The normalized spacial score (nSPS) is 12.4. The molecule has 0 aliphatic rings. The van der Waals surface area contributed by atoms with Gasteiger partial charge in [-0.1, -0.05) is 37.9 Å². The fourth-order valence-electron chi connectivity index (χ4n) is 1.96. The molecule has 0 aromatic heterocycles. The fraction of sp³-hybridized carbons (Fsp3) is 0.143. The van der Waals surface area contributed by atoms with E-state index in [1.165, 1.54) is 24.3 Å². The number of hydrogen-bond donors (Lipinski definition) is 2. The van der Waals surface area contributed by atoms with Gasteiger partial charge in [0.15, 0.2) is 0 Å². The number of nitrogens with two attached hydrogens (primary N) is 1. The lowest BCUT2D eigenvalue weighted by Gasteiger charge is -2.19. The summed E-state index contributed by atoms with van der Waals surface area (Å²) in [5.74, 6) is 4.94. The van der Waals surface area contributed by atoms with Crippen LogP contribution in [0.3, 0.4) is 0 Å². The minimum absolute atomic E-state index is 0.261. The van der Waals surface area contributed by atoms with Gasteiger partial charge in [0.05, 0.1) is 6.04 Å². The van der Waals surface area contributed by atoms with Gasteiger partial charge in [-0.2, -0.15) is 0 Å². The molecule has 20 heavy (non-hydrogen) atoms. The quantitative estimate of drug-likeness (QED) is 0.589. The molecule has 0 saturated heterocycles. The third-order valence-electron chi connectivity index (χ3n) is 2.97. The van der Waals surface area contributed by atoms with Crippen LogP contribution in [0.15, 0.2) is 45.3 Å². The molecule has 0 aliphatic heterocycles. The summed E-state index contributed by atoms with van der Waals surface area (Å²) in [6.45, 7) is 0. The van der Waals surface area contributed by atoms with E-state index in [2.05, 4.69) is 37.3 Å². The molecule has 2 rings (SSSR count). The number of nitrogens with one attached hydrogen (secondary N) is 1. The second-order valence-corrected chi connectivity index (χ2v) is 6.03. The van der Waals surface area contributed by atoms with Crippen molar-refractivity contribution >= 4 is 31.9 Å². The van der Waals surface area contributed by atoms with Crippen LogP contribution in [0.25, 0.3) is 0 Å². The number of hydrogen-bond acceptors (Lipinski definition) is 2.